The molecule has 24 heavy (non-hydrogen) atoms. The second kappa shape index (κ2) is 7.90. The number of nitrogens with one attached hydrogen (secondary N) is 1. The predicted molar refractivity (Wildman–Crippen MR) is 94.0 cm³/mol. The maximum Gasteiger partial charge on any atom is 0.340 e. The van der Waals surface area contributed by atoms with Crippen LogP contribution in [0.3, 0.4) is 0 Å². The van der Waals surface area contributed by atoms with E-state index in [9.17, 15) is 9.59 Å². The number of nitrogens with zero attached hydrogens (tertiary/aromatic N) is 1. The van der Waals surface area contributed by atoms with Gasteiger partial charge in [0.2, 0.25) is 0 Å². The topological polar surface area (TPSA) is 68.3 Å². The highest BCUT2D eigenvalue weighted by Gasteiger charge is 2.19. The van der Waals surface area contributed by atoms with Crippen molar-refractivity contribution in [1.29, 1.82) is 0 Å². The van der Waals surface area contributed by atoms with E-state index in [0.717, 1.165) is 29.3 Å². The fourth-order valence-corrected chi connectivity index (χ4v) is 2.86. The average Bonchev–Trinajstić information content (AvgIpc) is 2.53. The van der Waals surface area contributed by atoms with Crippen molar-refractivity contribution < 1.29 is 14.3 Å². The quantitative estimate of drug-likeness (QED) is 0.826. The highest BCUT2D eigenvalue weighted by atomic mass is 16.5. The van der Waals surface area contributed by atoms with Gasteiger partial charge in [-0.3, -0.25) is 9.78 Å². The summed E-state index contributed by atoms with van der Waals surface area (Å²) >= 11 is 0. The Kier molecular flexibility index (Phi) is 5.90. The van der Waals surface area contributed by atoms with E-state index in [-0.39, 0.29) is 18.6 Å². The molecule has 128 valence electrons. The van der Waals surface area contributed by atoms with Crippen LogP contribution in [0.4, 0.5) is 0 Å². The first kappa shape index (κ1) is 17.9. The number of hydrogen-bond donors (Lipinski definition) is 1. The van der Waals surface area contributed by atoms with Gasteiger partial charge in [-0.2, -0.15) is 0 Å². The molecule has 0 bridgehead atoms. The van der Waals surface area contributed by atoms with Gasteiger partial charge in [0, 0.05) is 11.4 Å². The Bertz CT molecular complexity index is 756. The number of esters is 1. The standard InChI is InChI=1S/C19H24N2O3/c1-5-8-12(2)20-17(22)11-24-19(23)18-13(3)15-9-6-7-10-16(15)21-14(18)4/h6-7,9-10,12H,5,8,11H2,1-4H3,(H,20,22)/t12-/m1/s1. The van der Waals surface area contributed by atoms with Gasteiger partial charge in [-0.15, -0.1) is 0 Å². The number of carbonyl (C=O) groups excluding carboxylic acids is 2. The summed E-state index contributed by atoms with van der Waals surface area (Å²) in [4.78, 5) is 28.7. The molecule has 5 nitrogen and oxygen atoms in total. The van der Waals surface area contributed by atoms with Gasteiger partial charge in [0.15, 0.2) is 6.61 Å². The van der Waals surface area contributed by atoms with E-state index in [1.54, 1.807) is 6.92 Å². The SMILES string of the molecule is CCC[C@@H](C)NC(=O)COC(=O)c1c(C)nc2ccccc2c1C. The second-order valence-electron chi connectivity index (χ2n) is 6.05. The number of fused-ring (bicyclic) bond motifs is 1. The monoisotopic (exact) mass is 328 g/mol. The van der Waals surface area contributed by atoms with Gasteiger partial charge in [0.1, 0.15) is 0 Å². The first-order chi connectivity index (χ1) is 11.4. The van der Waals surface area contributed by atoms with Crippen molar-refractivity contribution in [2.24, 2.45) is 0 Å². The van der Waals surface area contributed by atoms with Crippen LogP contribution in [0.15, 0.2) is 24.3 Å². The molecule has 0 aliphatic carbocycles. The Balaban J connectivity index is 2.10. The summed E-state index contributed by atoms with van der Waals surface area (Å²) in [6.45, 7) is 7.36. The third-order valence-electron chi connectivity index (χ3n) is 4.00. The second-order valence-corrected chi connectivity index (χ2v) is 6.05. The molecule has 0 radical (unpaired) electrons. The van der Waals surface area contributed by atoms with Crippen molar-refractivity contribution in [1.82, 2.24) is 10.3 Å². The fourth-order valence-electron chi connectivity index (χ4n) is 2.86. The van der Waals surface area contributed by atoms with Crippen LogP contribution in [0.25, 0.3) is 10.9 Å². The lowest BCUT2D eigenvalue weighted by Crippen LogP contribution is -2.35. The summed E-state index contributed by atoms with van der Waals surface area (Å²) in [6, 6.07) is 7.73. The van der Waals surface area contributed by atoms with Crippen molar-refractivity contribution in [3.63, 3.8) is 0 Å². The van der Waals surface area contributed by atoms with Crippen molar-refractivity contribution in [2.45, 2.75) is 46.6 Å². The number of aryl methyl sites for hydroxylation is 2. The summed E-state index contributed by atoms with van der Waals surface area (Å²) in [5, 5.41) is 3.73. The average molecular weight is 328 g/mol. The predicted octanol–water partition coefficient (Wildman–Crippen LogP) is 3.31. The van der Waals surface area contributed by atoms with Gasteiger partial charge >= 0.3 is 5.97 Å². The number of rotatable bonds is 6. The fraction of sp³-hybridized carbons (Fsp3) is 0.421. The van der Waals surface area contributed by atoms with Gasteiger partial charge in [-0.25, -0.2) is 4.79 Å². The van der Waals surface area contributed by atoms with E-state index < -0.39 is 5.97 Å². The zero-order valence-corrected chi connectivity index (χ0v) is 14.7. The van der Waals surface area contributed by atoms with Crippen LogP contribution in [-0.4, -0.2) is 29.5 Å². The molecular weight excluding hydrogens is 304 g/mol. The molecule has 0 aliphatic rings. The molecular formula is C19H24N2O3. The molecule has 0 saturated carbocycles. The van der Waals surface area contributed by atoms with Crippen LogP contribution in [0.2, 0.25) is 0 Å². The first-order valence-electron chi connectivity index (χ1n) is 8.26. The Labute approximate surface area is 142 Å². The molecule has 1 heterocycles. The third kappa shape index (κ3) is 4.10. The molecule has 0 fully saturated rings. The minimum absolute atomic E-state index is 0.0759. The smallest absolute Gasteiger partial charge is 0.340 e. The van der Waals surface area contributed by atoms with Crippen LogP contribution in [0.1, 0.15) is 48.3 Å². The summed E-state index contributed by atoms with van der Waals surface area (Å²) < 4.78 is 5.19. The van der Waals surface area contributed by atoms with Crippen molar-refractivity contribution in [2.75, 3.05) is 6.61 Å². The normalized spacial score (nSPS) is 12.0. The number of aromatic nitrogens is 1. The van der Waals surface area contributed by atoms with E-state index in [0.29, 0.717) is 11.3 Å². The molecule has 1 atom stereocenters. The maximum atomic E-state index is 12.4. The molecule has 1 aromatic heterocycles. The van der Waals surface area contributed by atoms with Gasteiger partial charge in [0.05, 0.1) is 16.8 Å². The molecule has 1 N–H and O–H groups in total. The van der Waals surface area contributed by atoms with Gasteiger partial charge < -0.3 is 10.1 Å². The number of hydrogen-bond acceptors (Lipinski definition) is 4. The molecule has 0 unspecified atom stereocenters. The first-order valence-corrected chi connectivity index (χ1v) is 8.26. The Hall–Kier alpha value is -2.43. The largest absolute Gasteiger partial charge is 0.452 e. The highest BCUT2D eigenvalue weighted by Crippen LogP contribution is 2.23. The lowest BCUT2D eigenvalue weighted by Gasteiger charge is -2.14. The molecule has 2 rings (SSSR count). The van der Waals surface area contributed by atoms with Crippen molar-refractivity contribution in [3.05, 3.63) is 41.1 Å². The lowest BCUT2D eigenvalue weighted by molar-refractivity contribution is -0.124. The number of amides is 1. The molecule has 2 aromatic rings. The van der Waals surface area contributed by atoms with E-state index in [4.69, 9.17) is 4.74 Å². The number of ether oxygens (including phenoxy) is 1. The number of carbonyl (C=O) groups is 2. The zero-order chi connectivity index (χ0) is 17.7. The molecule has 0 aliphatic heterocycles. The van der Waals surface area contributed by atoms with Gasteiger partial charge in [-0.05, 0) is 38.8 Å². The van der Waals surface area contributed by atoms with E-state index in [1.165, 1.54) is 0 Å². The minimum Gasteiger partial charge on any atom is -0.452 e. The van der Waals surface area contributed by atoms with Gasteiger partial charge in [-0.1, -0.05) is 31.5 Å². The van der Waals surface area contributed by atoms with Crippen LogP contribution >= 0.6 is 0 Å². The Morgan fingerprint density at radius 3 is 2.67 bits per heavy atom. The third-order valence-corrected chi connectivity index (χ3v) is 4.00. The Morgan fingerprint density at radius 1 is 1.25 bits per heavy atom. The molecule has 0 saturated heterocycles. The molecule has 5 heteroatoms. The summed E-state index contributed by atoms with van der Waals surface area (Å²) in [6.07, 6.45) is 1.88. The maximum absolute atomic E-state index is 12.4. The number of para-hydroxylation sites is 1. The highest BCUT2D eigenvalue weighted by molar-refractivity contribution is 5.99. The minimum atomic E-state index is -0.512. The summed E-state index contributed by atoms with van der Waals surface area (Å²) in [5.41, 5.74) is 2.71. The van der Waals surface area contributed by atoms with Crippen LogP contribution in [-0.2, 0) is 9.53 Å². The molecule has 1 aromatic carbocycles. The molecule has 0 spiro atoms. The van der Waals surface area contributed by atoms with E-state index in [1.807, 2.05) is 38.1 Å². The van der Waals surface area contributed by atoms with Crippen LogP contribution < -0.4 is 5.32 Å². The van der Waals surface area contributed by atoms with Gasteiger partial charge in [0.25, 0.3) is 5.91 Å². The van der Waals surface area contributed by atoms with Crippen molar-refractivity contribution in [3.8, 4) is 0 Å². The van der Waals surface area contributed by atoms with Crippen LogP contribution in [0, 0.1) is 13.8 Å². The number of pyridine rings is 1. The van der Waals surface area contributed by atoms with E-state index >= 15 is 0 Å². The lowest BCUT2D eigenvalue weighted by atomic mass is 10.0. The zero-order valence-electron chi connectivity index (χ0n) is 14.7. The Morgan fingerprint density at radius 2 is 1.96 bits per heavy atom. The number of benzene rings is 1. The van der Waals surface area contributed by atoms with E-state index in [2.05, 4.69) is 17.2 Å². The summed E-state index contributed by atoms with van der Waals surface area (Å²) in [5.74, 6) is -0.796. The molecule has 1 amide bonds. The van der Waals surface area contributed by atoms with Crippen molar-refractivity contribution >= 4 is 22.8 Å². The van der Waals surface area contributed by atoms with Crippen LogP contribution in [0.5, 0.6) is 0 Å². The summed E-state index contributed by atoms with van der Waals surface area (Å²) in [7, 11) is 0.